The fraction of sp³-hybridized carbons (Fsp3) is 0.643. The molecule has 2 heterocycles. The maximum atomic E-state index is 12.4. The molecule has 3 atom stereocenters. The molecule has 128 valence electrons. The Bertz CT molecular complexity index is 621. The molecule has 3 N–H and O–H groups in total. The number of carbonyl (C=O) groups excluding carboxylic acids is 2. The van der Waals surface area contributed by atoms with Crippen molar-refractivity contribution in [2.75, 3.05) is 12.3 Å². The van der Waals surface area contributed by atoms with Crippen molar-refractivity contribution in [3.05, 3.63) is 10.6 Å². The van der Waals surface area contributed by atoms with E-state index in [1.807, 2.05) is 0 Å². The highest BCUT2D eigenvalue weighted by atomic mass is 32.2. The van der Waals surface area contributed by atoms with Crippen LogP contribution in [0.3, 0.4) is 0 Å². The fourth-order valence-electron chi connectivity index (χ4n) is 3.09. The van der Waals surface area contributed by atoms with Gasteiger partial charge in [0, 0.05) is 30.5 Å². The lowest BCUT2D eigenvalue weighted by Gasteiger charge is -2.48. The Morgan fingerprint density at radius 2 is 2.04 bits per heavy atom. The van der Waals surface area contributed by atoms with Gasteiger partial charge in [-0.05, 0) is 13.8 Å². The van der Waals surface area contributed by atoms with Crippen LogP contribution in [-0.4, -0.2) is 61.0 Å². The molecule has 0 saturated carbocycles. The van der Waals surface area contributed by atoms with Crippen LogP contribution < -0.4 is 5.32 Å². The molecular weight excluding hydrogens is 324 g/mol. The minimum atomic E-state index is -1.61. The molecule has 23 heavy (non-hydrogen) atoms. The van der Waals surface area contributed by atoms with E-state index < -0.39 is 40.2 Å². The van der Waals surface area contributed by atoms with Crippen LogP contribution in [0.25, 0.3) is 0 Å². The molecule has 1 unspecified atom stereocenters. The lowest BCUT2D eigenvalue weighted by molar-refractivity contribution is -0.169. The molecule has 0 aliphatic carbocycles. The normalized spacial score (nSPS) is 25.0. The van der Waals surface area contributed by atoms with Crippen LogP contribution in [0.15, 0.2) is 10.6 Å². The van der Waals surface area contributed by atoms with Crippen molar-refractivity contribution >= 4 is 28.6 Å². The predicted molar refractivity (Wildman–Crippen MR) is 81.4 cm³/mol. The van der Waals surface area contributed by atoms with Gasteiger partial charge in [-0.25, -0.2) is 4.79 Å². The third kappa shape index (κ3) is 3.16. The van der Waals surface area contributed by atoms with E-state index in [2.05, 4.69) is 5.32 Å². The minimum Gasteiger partial charge on any atom is -0.477 e. The molecule has 0 spiro atoms. The lowest BCUT2D eigenvalue weighted by Crippen LogP contribution is -2.65. The molecule has 2 rings (SSSR count). The van der Waals surface area contributed by atoms with Crippen LogP contribution in [-0.2, 0) is 25.2 Å². The van der Waals surface area contributed by atoms with Crippen LogP contribution in [0, 0.1) is 5.92 Å². The second-order valence-corrected chi connectivity index (χ2v) is 7.81. The predicted octanol–water partition coefficient (Wildman–Crippen LogP) is -0.831. The summed E-state index contributed by atoms with van der Waals surface area (Å²) < 4.78 is 12.4. The third-order valence-electron chi connectivity index (χ3n) is 4.02. The Balaban J connectivity index is 2.20. The molecule has 2 aliphatic heterocycles. The Hall–Kier alpha value is -1.74. The molecule has 0 aromatic rings. The number of aliphatic hydroxyl groups is 1. The fourth-order valence-corrected chi connectivity index (χ4v) is 4.38. The SMILES string of the molecule is CC(=O)NCCS(=O)C1=C(C(=O)O)N2C(=O)[C@@H](C(C)(C)O)[C@H]2C1. The van der Waals surface area contributed by atoms with Gasteiger partial charge in [0.25, 0.3) is 0 Å². The number of β-lactam (4-membered cyclic amide) rings is 1. The Kier molecular flexibility index (Phi) is 4.63. The van der Waals surface area contributed by atoms with E-state index in [9.17, 15) is 28.8 Å². The van der Waals surface area contributed by atoms with E-state index in [1.165, 1.54) is 20.8 Å². The molecule has 2 amide bonds. The van der Waals surface area contributed by atoms with Crippen LogP contribution in [0.5, 0.6) is 0 Å². The molecule has 0 bridgehead atoms. The van der Waals surface area contributed by atoms with Gasteiger partial charge < -0.3 is 20.4 Å². The first-order valence-corrected chi connectivity index (χ1v) is 8.52. The molecule has 1 fully saturated rings. The van der Waals surface area contributed by atoms with Gasteiger partial charge in [0.1, 0.15) is 5.70 Å². The van der Waals surface area contributed by atoms with Gasteiger partial charge in [-0.15, -0.1) is 0 Å². The van der Waals surface area contributed by atoms with Crippen molar-refractivity contribution in [3.63, 3.8) is 0 Å². The van der Waals surface area contributed by atoms with Gasteiger partial charge in [-0.1, -0.05) is 0 Å². The molecule has 0 aromatic heterocycles. The van der Waals surface area contributed by atoms with Gasteiger partial charge in [0.05, 0.1) is 28.4 Å². The second-order valence-electron chi connectivity index (χ2n) is 6.22. The number of fused-ring (bicyclic) bond motifs is 1. The summed E-state index contributed by atoms with van der Waals surface area (Å²) in [5.41, 5.74) is -1.52. The van der Waals surface area contributed by atoms with E-state index in [4.69, 9.17) is 0 Å². The maximum absolute atomic E-state index is 12.4. The summed E-state index contributed by atoms with van der Waals surface area (Å²) >= 11 is 0. The standard InChI is InChI=1S/C14H20N2O6S/c1-7(17)15-4-5-23(22)9-6-8-10(14(2,3)21)12(18)16(8)11(9)13(19)20/h8,10,21H,4-6H2,1-3H3,(H,15,17)(H,19,20)/t8-,10+,23?/m1/s1. The van der Waals surface area contributed by atoms with Crippen LogP contribution in [0.4, 0.5) is 0 Å². The number of amides is 2. The number of hydrogen-bond donors (Lipinski definition) is 3. The molecule has 0 aromatic carbocycles. The topological polar surface area (TPSA) is 124 Å². The van der Waals surface area contributed by atoms with E-state index in [0.717, 1.165) is 4.90 Å². The number of nitrogens with one attached hydrogen (secondary N) is 1. The summed E-state index contributed by atoms with van der Waals surface area (Å²) in [6.45, 7) is 4.49. The van der Waals surface area contributed by atoms with Gasteiger partial charge in [0.15, 0.2) is 0 Å². The Morgan fingerprint density at radius 3 is 2.52 bits per heavy atom. The Labute approximate surface area is 136 Å². The zero-order valence-corrected chi connectivity index (χ0v) is 14.0. The summed E-state index contributed by atoms with van der Waals surface area (Å²) in [7, 11) is -1.61. The first-order valence-electron chi connectivity index (χ1n) is 7.20. The number of carboxylic acids is 1. The van der Waals surface area contributed by atoms with E-state index in [-0.39, 0.29) is 35.2 Å². The van der Waals surface area contributed by atoms with Crippen molar-refractivity contribution in [1.29, 1.82) is 0 Å². The lowest BCUT2D eigenvalue weighted by atomic mass is 9.76. The number of aliphatic carboxylic acids is 1. The Morgan fingerprint density at radius 1 is 1.43 bits per heavy atom. The molecule has 0 radical (unpaired) electrons. The van der Waals surface area contributed by atoms with Gasteiger partial charge in [-0.2, -0.15) is 0 Å². The summed E-state index contributed by atoms with van der Waals surface area (Å²) in [4.78, 5) is 35.8. The van der Waals surface area contributed by atoms with Gasteiger partial charge >= 0.3 is 5.97 Å². The number of nitrogens with zero attached hydrogens (tertiary/aromatic N) is 1. The van der Waals surface area contributed by atoms with E-state index in [0.29, 0.717) is 0 Å². The van der Waals surface area contributed by atoms with Crippen molar-refractivity contribution in [3.8, 4) is 0 Å². The second kappa shape index (κ2) is 6.04. The average Bonchev–Trinajstić information content (AvgIpc) is 2.71. The number of rotatable bonds is 6. The molecule has 9 heteroatoms. The van der Waals surface area contributed by atoms with Gasteiger partial charge in [-0.3, -0.25) is 13.8 Å². The summed E-state index contributed by atoms with van der Waals surface area (Å²) in [6.07, 6.45) is 0.161. The zero-order chi connectivity index (χ0) is 17.5. The van der Waals surface area contributed by atoms with Gasteiger partial charge in [0.2, 0.25) is 11.8 Å². The number of carboxylic acid groups (broad SMARTS) is 1. The number of hydrogen-bond acceptors (Lipinski definition) is 5. The zero-order valence-electron chi connectivity index (χ0n) is 13.2. The summed E-state index contributed by atoms with van der Waals surface area (Å²) in [5, 5.41) is 21.9. The van der Waals surface area contributed by atoms with E-state index >= 15 is 0 Å². The summed E-state index contributed by atoms with van der Waals surface area (Å²) in [6, 6.07) is -0.478. The maximum Gasteiger partial charge on any atom is 0.353 e. The van der Waals surface area contributed by atoms with Crippen LogP contribution >= 0.6 is 0 Å². The largest absolute Gasteiger partial charge is 0.477 e. The highest BCUT2D eigenvalue weighted by Crippen LogP contribution is 2.47. The van der Waals surface area contributed by atoms with Crippen molar-refractivity contribution < 1.29 is 28.8 Å². The molecule has 2 aliphatic rings. The van der Waals surface area contributed by atoms with Crippen LogP contribution in [0.1, 0.15) is 27.2 Å². The quantitative estimate of drug-likeness (QED) is 0.540. The number of carbonyl (C=O) groups is 3. The van der Waals surface area contributed by atoms with Crippen molar-refractivity contribution in [2.24, 2.45) is 5.92 Å². The highest BCUT2D eigenvalue weighted by Gasteiger charge is 2.60. The first kappa shape index (κ1) is 17.6. The minimum absolute atomic E-state index is 0.0770. The van der Waals surface area contributed by atoms with Crippen LogP contribution in [0.2, 0.25) is 0 Å². The monoisotopic (exact) mass is 344 g/mol. The first-order chi connectivity index (χ1) is 10.6. The molecular formula is C14H20N2O6S. The van der Waals surface area contributed by atoms with Crippen molar-refractivity contribution in [2.45, 2.75) is 38.8 Å². The average molecular weight is 344 g/mol. The summed E-state index contributed by atoms with van der Waals surface area (Å²) in [5.74, 6) is -2.66. The highest BCUT2D eigenvalue weighted by molar-refractivity contribution is 7.89. The van der Waals surface area contributed by atoms with Crippen molar-refractivity contribution in [1.82, 2.24) is 10.2 Å². The smallest absolute Gasteiger partial charge is 0.353 e. The molecule has 1 saturated heterocycles. The third-order valence-corrected chi connectivity index (χ3v) is 5.50. The molecule has 8 nitrogen and oxygen atoms in total. The van der Waals surface area contributed by atoms with E-state index in [1.54, 1.807) is 0 Å².